The van der Waals surface area contributed by atoms with Gasteiger partial charge in [-0.2, -0.15) is 0 Å². The minimum atomic E-state index is -0.753. The molecule has 7 heteroatoms. The lowest BCUT2D eigenvalue weighted by molar-refractivity contribution is -0.137. The molecule has 2 aromatic rings. The number of tetrazole rings is 1. The van der Waals surface area contributed by atoms with E-state index in [0.29, 0.717) is 18.8 Å². The molecular formula is C12H15N5O2. The Morgan fingerprint density at radius 3 is 2.89 bits per heavy atom. The first-order chi connectivity index (χ1) is 9.27. The molecule has 0 aliphatic heterocycles. The third-order valence-corrected chi connectivity index (χ3v) is 2.69. The number of pyridine rings is 1. The van der Waals surface area contributed by atoms with Crippen LogP contribution in [0.5, 0.6) is 0 Å². The molecule has 19 heavy (non-hydrogen) atoms. The van der Waals surface area contributed by atoms with Crippen LogP contribution in [-0.4, -0.2) is 36.3 Å². The number of carbonyl (C=O) groups is 1. The fraction of sp³-hybridized carbons (Fsp3) is 0.417. The molecule has 0 bridgehead atoms. The number of aliphatic carboxylic acids is 1. The molecule has 0 spiro atoms. The Morgan fingerprint density at radius 1 is 1.26 bits per heavy atom. The van der Waals surface area contributed by atoms with E-state index in [9.17, 15) is 4.79 Å². The summed E-state index contributed by atoms with van der Waals surface area (Å²) in [5.74, 6) is -0.115. The van der Waals surface area contributed by atoms with E-state index in [-0.39, 0.29) is 6.42 Å². The van der Waals surface area contributed by atoms with Crippen molar-refractivity contribution in [2.24, 2.45) is 0 Å². The van der Waals surface area contributed by atoms with E-state index >= 15 is 0 Å². The molecule has 2 aromatic heterocycles. The molecule has 1 N–H and O–H groups in total. The summed E-state index contributed by atoms with van der Waals surface area (Å²) in [6.45, 7) is 0.665. The molecule has 100 valence electrons. The fourth-order valence-electron chi connectivity index (χ4n) is 1.75. The maximum atomic E-state index is 10.4. The summed E-state index contributed by atoms with van der Waals surface area (Å²) < 4.78 is 1.70. The van der Waals surface area contributed by atoms with Gasteiger partial charge in [0, 0.05) is 19.2 Å². The van der Waals surface area contributed by atoms with Gasteiger partial charge in [-0.05, 0) is 35.4 Å². The zero-order chi connectivity index (χ0) is 13.5. The minimum absolute atomic E-state index is 0.211. The Bertz CT molecular complexity index is 526. The van der Waals surface area contributed by atoms with E-state index in [1.807, 2.05) is 18.2 Å². The predicted molar refractivity (Wildman–Crippen MR) is 67.2 cm³/mol. The number of unbranched alkanes of at least 4 members (excludes halogenated alkanes) is 2. The van der Waals surface area contributed by atoms with Gasteiger partial charge in [-0.1, -0.05) is 12.5 Å². The second kappa shape index (κ2) is 6.58. The predicted octanol–water partition coefficient (Wildman–Crippen LogP) is 1.38. The average molecular weight is 261 g/mol. The summed E-state index contributed by atoms with van der Waals surface area (Å²) in [6, 6.07) is 5.57. The minimum Gasteiger partial charge on any atom is -0.481 e. The van der Waals surface area contributed by atoms with Crippen LogP contribution in [0.4, 0.5) is 0 Å². The molecule has 0 aliphatic carbocycles. The Labute approximate surface area is 110 Å². The molecule has 0 aliphatic rings. The van der Waals surface area contributed by atoms with Crippen molar-refractivity contribution in [1.82, 2.24) is 25.2 Å². The molecule has 0 radical (unpaired) electrons. The van der Waals surface area contributed by atoms with Crippen molar-refractivity contribution in [2.75, 3.05) is 0 Å². The summed E-state index contributed by atoms with van der Waals surface area (Å²) in [4.78, 5) is 14.6. The first-order valence-electron chi connectivity index (χ1n) is 6.17. The maximum Gasteiger partial charge on any atom is 0.303 e. The van der Waals surface area contributed by atoms with Crippen LogP contribution in [0.1, 0.15) is 25.7 Å². The highest BCUT2D eigenvalue weighted by atomic mass is 16.4. The molecule has 0 atom stereocenters. The Kier molecular flexibility index (Phi) is 4.54. The van der Waals surface area contributed by atoms with Gasteiger partial charge in [0.2, 0.25) is 5.82 Å². The fourth-order valence-corrected chi connectivity index (χ4v) is 1.75. The molecule has 0 fully saturated rings. The van der Waals surface area contributed by atoms with Crippen molar-refractivity contribution in [1.29, 1.82) is 0 Å². The summed E-state index contributed by atoms with van der Waals surface area (Å²) in [7, 11) is 0. The highest BCUT2D eigenvalue weighted by molar-refractivity contribution is 5.66. The summed E-state index contributed by atoms with van der Waals surface area (Å²) in [5.41, 5.74) is 0.734. The van der Waals surface area contributed by atoms with Crippen LogP contribution >= 0.6 is 0 Å². The van der Waals surface area contributed by atoms with Crippen LogP contribution in [0.25, 0.3) is 11.5 Å². The summed E-state index contributed by atoms with van der Waals surface area (Å²) >= 11 is 0. The number of rotatable bonds is 7. The first kappa shape index (κ1) is 13.1. The van der Waals surface area contributed by atoms with Gasteiger partial charge in [0.05, 0.1) is 0 Å². The van der Waals surface area contributed by atoms with Crippen LogP contribution in [0, 0.1) is 0 Å². The second-order valence-corrected chi connectivity index (χ2v) is 4.15. The van der Waals surface area contributed by atoms with Crippen molar-refractivity contribution in [3.63, 3.8) is 0 Å². The van der Waals surface area contributed by atoms with Gasteiger partial charge >= 0.3 is 5.97 Å². The Balaban J connectivity index is 1.88. The topological polar surface area (TPSA) is 93.8 Å². The maximum absolute atomic E-state index is 10.4. The Morgan fingerprint density at radius 2 is 2.16 bits per heavy atom. The number of aryl methyl sites for hydroxylation is 1. The molecular weight excluding hydrogens is 246 g/mol. The zero-order valence-corrected chi connectivity index (χ0v) is 10.4. The molecule has 0 amide bonds. The number of carboxylic acids is 1. The molecule has 2 heterocycles. The normalized spacial score (nSPS) is 10.5. The van der Waals surface area contributed by atoms with E-state index in [1.165, 1.54) is 0 Å². The molecule has 0 saturated heterocycles. The van der Waals surface area contributed by atoms with Crippen molar-refractivity contribution in [3.8, 4) is 11.5 Å². The standard InChI is InChI=1S/C12H15N5O2/c18-11(19)7-2-1-5-9-17-12(14-15-16-17)10-6-3-4-8-13-10/h3-4,6,8H,1-2,5,7,9H2,(H,18,19). The van der Waals surface area contributed by atoms with Gasteiger partial charge in [0.1, 0.15) is 5.69 Å². The SMILES string of the molecule is O=C(O)CCCCCn1nnnc1-c1ccccn1. The van der Waals surface area contributed by atoms with Crippen LogP contribution in [0.3, 0.4) is 0 Å². The van der Waals surface area contributed by atoms with Crippen LogP contribution < -0.4 is 0 Å². The van der Waals surface area contributed by atoms with E-state index in [1.54, 1.807) is 10.9 Å². The van der Waals surface area contributed by atoms with Crippen LogP contribution in [0.2, 0.25) is 0 Å². The molecule has 0 aromatic carbocycles. The van der Waals surface area contributed by atoms with Crippen LogP contribution in [0.15, 0.2) is 24.4 Å². The van der Waals surface area contributed by atoms with Crippen molar-refractivity contribution >= 4 is 5.97 Å². The number of hydrogen-bond donors (Lipinski definition) is 1. The smallest absolute Gasteiger partial charge is 0.303 e. The highest BCUT2D eigenvalue weighted by Gasteiger charge is 2.09. The number of carboxylic acid groups (broad SMARTS) is 1. The van der Waals surface area contributed by atoms with Gasteiger partial charge in [0.15, 0.2) is 0 Å². The third-order valence-electron chi connectivity index (χ3n) is 2.69. The largest absolute Gasteiger partial charge is 0.481 e. The summed E-state index contributed by atoms with van der Waals surface area (Å²) in [6.07, 6.45) is 4.27. The van der Waals surface area contributed by atoms with E-state index in [2.05, 4.69) is 20.5 Å². The highest BCUT2D eigenvalue weighted by Crippen LogP contribution is 2.12. The van der Waals surface area contributed by atoms with Crippen molar-refractivity contribution < 1.29 is 9.90 Å². The second-order valence-electron chi connectivity index (χ2n) is 4.15. The van der Waals surface area contributed by atoms with E-state index in [0.717, 1.165) is 18.5 Å². The van der Waals surface area contributed by atoms with Gasteiger partial charge < -0.3 is 5.11 Å². The van der Waals surface area contributed by atoms with Gasteiger partial charge in [-0.15, -0.1) is 5.10 Å². The number of hydrogen-bond acceptors (Lipinski definition) is 5. The van der Waals surface area contributed by atoms with Crippen LogP contribution in [-0.2, 0) is 11.3 Å². The zero-order valence-electron chi connectivity index (χ0n) is 10.4. The molecule has 0 saturated carbocycles. The van der Waals surface area contributed by atoms with Gasteiger partial charge in [0.25, 0.3) is 0 Å². The average Bonchev–Trinajstić information content (AvgIpc) is 2.87. The molecule has 2 rings (SSSR count). The van der Waals surface area contributed by atoms with Crippen molar-refractivity contribution in [2.45, 2.75) is 32.2 Å². The molecule has 7 nitrogen and oxygen atoms in total. The quantitative estimate of drug-likeness (QED) is 0.757. The van der Waals surface area contributed by atoms with Crippen molar-refractivity contribution in [3.05, 3.63) is 24.4 Å². The lowest BCUT2D eigenvalue weighted by Crippen LogP contribution is -2.04. The monoisotopic (exact) mass is 261 g/mol. The summed E-state index contributed by atoms with van der Waals surface area (Å²) in [5, 5.41) is 20.1. The number of aromatic nitrogens is 5. The van der Waals surface area contributed by atoms with E-state index < -0.39 is 5.97 Å². The van der Waals surface area contributed by atoms with Gasteiger partial charge in [-0.3, -0.25) is 9.78 Å². The van der Waals surface area contributed by atoms with Gasteiger partial charge in [-0.25, -0.2) is 4.68 Å². The lowest BCUT2D eigenvalue weighted by Gasteiger charge is -2.03. The van der Waals surface area contributed by atoms with E-state index in [4.69, 9.17) is 5.11 Å². The lowest BCUT2D eigenvalue weighted by atomic mass is 10.2. The number of nitrogens with zero attached hydrogens (tertiary/aromatic N) is 5. The third kappa shape index (κ3) is 3.84. The molecule has 0 unspecified atom stereocenters. The Hall–Kier alpha value is -2.31. The first-order valence-corrected chi connectivity index (χ1v) is 6.17.